The smallest absolute Gasteiger partial charge is 0.223 e. The van der Waals surface area contributed by atoms with E-state index in [1.54, 1.807) is 11.8 Å². The summed E-state index contributed by atoms with van der Waals surface area (Å²) < 4.78 is 11.6. The van der Waals surface area contributed by atoms with Crippen LogP contribution in [0, 0.1) is 13.8 Å². The Kier molecular flexibility index (Phi) is 6.46. The van der Waals surface area contributed by atoms with Crippen LogP contribution in [0.25, 0.3) is 0 Å². The van der Waals surface area contributed by atoms with Gasteiger partial charge in [0.1, 0.15) is 0 Å². The van der Waals surface area contributed by atoms with Crippen LogP contribution in [0.3, 0.4) is 0 Å². The van der Waals surface area contributed by atoms with E-state index in [-0.39, 0.29) is 11.9 Å². The van der Waals surface area contributed by atoms with Crippen molar-refractivity contribution in [3.8, 4) is 11.5 Å². The molecule has 30 heavy (non-hydrogen) atoms. The molecule has 7 heteroatoms. The summed E-state index contributed by atoms with van der Waals surface area (Å²) in [5.41, 5.74) is 4.17. The van der Waals surface area contributed by atoms with Crippen molar-refractivity contribution >= 4 is 17.7 Å². The minimum Gasteiger partial charge on any atom is -0.490 e. The molecule has 2 aliphatic heterocycles. The zero-order valence-corrected chi connectivity index (χ0v) is 18.8. The highest BCUT2D eigenvalue weighted by molar-refractivity contribution is 7.98. The van der Waals surface area contributed by atoms with E-state index in [0.717, 1.165) is 65.0 Å². The van der Waals surface area contributed by atoms with Gasteiger partial charge in [-0.1, -0.05) is 17.8 Å². The number of benzene rings is 1. The van der Waals surface area contributed by atoms with Gasteiger partial charge in [0.15, 0.2) is 16.7 Å². The Bertz CT molecular complexity index is 911. The maximum Gasteiger partial charge on any atom is 0.223 e. The van der Waals surface area contributed by atoms with Gasteiger partial charge < -0.3 is 14.4 Å². The van der Waals surface area contributed by atoms with Crippen molar-refractivity contribution in [2.75, 3.05) is 26.0 Å². The molecule has 0 unspecified atom stereocenters. The predicted molar refractivity (Wildman–Crippen MR) is 117 cm³/mol. The molecule has 2 aromatic rings. The van der Waals surface area contributed by atoms with Crippen LogP contribution in [0.4, 0.5) is 0 Å². The van der Waals surface area contributed by atoms with Crippen LogP contribution in [0.5, 0.6) is 11.5 Å². The van der Waals surface area contributed by atoms with Crippen LogP contribution >= 0.6 is 11.8 Å². The molecule has 1 saturated heterocycles. The summed E-state index contributed by atoms with van der Waals surface area (Å²) in [6, 6.07) is 6.22. The summed E-state index contributed by atoms with van der Waals surface area (Å²) in [6.45, 7) is 6.16. The molecule has 160 valence electrons. The van der Waals surface area contributed by atoms with Gasteiger partial charge in [-0.15, -0.1) is 0 Å². The minimum atomic E-state index is 0.104. The zero-order chi connectivity index (χ0) is 21.1. The van der Waals surface area contributed by atoms with Gasteiger partial charge in [0.2, 0.25) is 5.91 Å². The highest BCUT2D eigenvalue weighted by atomic mass is 32.2. The topological polar surface area (TPSA) is 64.6 Å². The van der Waals surface area contributed by atoms with Crippen LogP contribution in [0.2, 0.25) is 0 Å². The number of hydrogen-bond acceptors (Lipinski definition) is 6. The summed E-state index contributed by atoms with van der Waals surface area (Å²) in [7, 11) is 0. The van der Waals surface area contributed by atoms with Gasteiger partial charge in [-0.3, -0.25) is 4.79 Å². The van der Waals surface area contributed by atoms with Crippen molar-refractivity contribution in [3.05, 3.63) is 40.7 Å². The number of rotatable bonds is 5. The number of amides is 1. The second kappa shape index (κ2) is 9.25. The summed E-state index contributed by atoms with van der Waals surface area (Å²) >= 11 is 1.54. The molecule has 3 heterocycles. The molecule has 1 amide bonds. The number of fused-ring (bicyclic) bond motifs is 1. The number of thioether (sulfide) groups is 1. The second-order valence-electron chi connectivity index (χ2n) is 7.86. The van der Waals surface area contributed by atoms with E-state index >= 15 is 0 Å². The Morgan fingerprint density at radius 2 is 1.87 bits per heavy atom. The first kappa shape index (κ1) is 21.0. The number of carbonyl (C=O) groups excluding carboxylic acids is 1. The number of likely N-dealkylation sites (tertiary alicyclic amines) is 1. The van der Waals surface area contributed by atoms with E-state index < -0.39 is 0 Å². The first-order chi connectivity index (χ1) is 14.6. The molecule has 0 aliphatic carbocycles. The molecular formula is C23H29N3O3S. The largest absolute Gasteiger partial charge is 0.490 e. The molecule has 6 nitrogen and oxygen atoms in total. The van der Waals surface area contributed by atoms with Crippen LogP contribution in [-0.2, 0) is 11.2 Å². The predicted octanol–water partition coefficient (Wildman–Crippen LogP) is 4.27. The van der Waals surface area contributed by atoms with Gasteiger partial charge >= 0.3 is 0 Å². The third kappa shape index (κ3) is 4.41. The molecule has 0 N–H and O–H groups in total. The third-order valence-corrected chi connectivity index (χ3v) is 6.45. The lowest BCUT2D eigenvalue weighted by molar-refractivity contribution is -0.132. The van der Waals surface area contributed by atoms with E-state index in [0.29, 0.717) is 26.1 Å². The second-order valence-corrected chi connectivity index (χ2v) is 8.63. The number of aryl methyl sites for hydroxylation is 2. The molecule has 0 bridgehead atoms. The van der Waals surface area contributed by atoms with Crippen molar-refractivity contribution in [1.82, 2.24) is 14.9 Å². The monoisotopic (exact) mass is 427 g/mol. The molecule has 0 saturated carbocycles. The zero-order valence-electron chi connectivity index (χ0n) is 17.9. The van der Waals surface area contributed by atoms with Crippen LogP contribution < -0.4 is 9.47 Å². The summed E-state index contributed by atoms with van der Waals surface area (Å²) in [5, 5.41) is 0.786. The fourth-order valence-corrected chi connectivity index (χ4v) is 4.79. The first-order valence-electron chi connectivity index (χ1n) is 10.6. The standard InChI is InChI=1S/C23H29N3O3S/c1-15-18(16(2)25-23(24-15)30-3)8-10-22(27)26-11-4-6-19(26)17-7-9-20-21(14-17)29-13-5-12-28-20/h7,9,14,19H,4-6,8,10-13H2,1-3H3/t19-/m1/s1. The SMILES string of the molecule is CSc1nc(C)c(CCC(=O)N2CCC[C@@H]2c2ccc3c(c2)OCCCO3)c(C)n1. The van der Waals surface area contributed by atoms with Crippen molar-refractivity contribution in [2.24, 2.45) is 0 Å². The molecule has 0 spiro atoms. The van der Waals surface area contributed by atoms with Crippen molar-refractivity contribution < 1.29 is 14.3 Å². The van der Waals surface area contributed by atoms with Gasteiger partial charge in [0.25, 0.3) is 0 Å². The van der Waals surface area contributed by atoms with Gasteiger partial charge in [-0.2, -0.15) is 0 Å². The Morgan fingerprint density at radius 3 is 2.60 bits per heavy atom. The fourth-order valence-electron chi connectivity index (χ4n) is 4.34. The van der Waals surface area contributed by atoms with Gasteiger partial charge in [0.05, 0.1) is 19.3 Å². The highest BCUT2D eigenvalue weighted by Crippen LogP contribution is 2.38. The van der Waals surface area contributed by atoms with Crippen LogP contribution in [0.1, 0.15) is 54.2 Å². The van der Waals surface area contributed by atoms with Crippen molar-refractivity contribution in [1.29, 1.82) is 0 Å². The normalized spacial score (nSPS) is 18.4. The number of aromatic nitrogens is 2. The van der Waals surface area contributed by atoms with Gasteiger partial charge in [-0.25, -0.2) is 9.97 Å². The van der Waals surface area contributed by atoms with E-state index in [2.05, 4.69) is 22.1 Å². The maximum atomic E-state index is 13.1. The Morgan fingerprint density at radius 1 is 1.13 bits per heavy atom. The first-order valence-corrected chi connectivity index (χ1v) is 11.9. The van der Waals surface area contributed by atoms with E-state index in [1.807, 2.05) is 31.1 Å². The molecule has 4 rings (SSSR count). The molecule has 1 aromatic carbocycles. The lowest BCUT2D eigenvalue weighted by Crippen LogP contribution is -2.30. The molecule has 1 fully saturated rings. The van der Waals surface area contributed by atoms with E-state index in [1.165, 1.54) is 0 Å². The molecule has 1 atom stereocenters. The van der Waals surface area contributed by atoms with Gasteiger partial charge in [-0.05, 0) is 62.6 Å². The Balaban J connectivity index is 1.46. The average molecular weight is 428 g/mol. The van der Waals surface area contributed by atoms with E-state index in [4.69, 9.17) is 9.47 Å². The molecule has 2 aliphatic rings. The quantitative estimate of drug-likeness (QED) is 0.524. The van der Waals surface area contributed by atoms with E-state index in [9.17, 15) is 4.79 Å². The highest BCUT2D eigenvalue weighted by Gasteiger charge is 2.30. The molecule has 1 aromatic heterocycles. The Labute approximate surface area is 182 Å². The van der Waals surface area contributed by atoms with Crippen molar-refractivity contribution in [3.63, 3.8) is 0 Å². The maximum absolute atomic E-state index is 13.1. The third-order valence-electron chi connectivity index (χ3n) is 5.90. The molecular weight excluding hydrogens is 398 g/mol. The number of ether oxygens (including phenoxy) is 2. The number of carbonyl (C=O) groups is 1. The number of hydrogen-bond donors (Lipinski definition) is 0. The Hall–Kier alpha value is -2.28. The summed E-state index contributed by atoms with van der Waals surface area (Å²) in [6.07, 6.45) is 6.02. The van der Waals surface area contributed by atoms with Gasteiger partial charge in [0, 0.05) is 30.8 Å². The lowest BCUT2D eigenvalue weighted by atomic mass is 10.0. The summed E-state index contributed by atoms with van der Waals surface area (Å²) in [5.74, 6) is 1.78. The van der Waals surface area contributed by atoms with Crippen molar-refractivity contribution in [2.45, 2.75) is 57.1 Å². The van der Waals surface area contributed by atoms with Crippen LogP contribution in [-0.4, -0.2) is 46.8 Å². The minimum absolute atomic E-state index is 0.104. The molecule has 0 radical (unpaired) electrons. The average Bonchev–Trinajstić information content (AvgIpc) is 3.11. The fraction of sp³-hybridized carbons (Fsp3) is 0.522. The van der Waals surface area contributed by atoms with Crippen LogP contribution in [0.15, 0.2) is 23.4 Å². The number of nitrogens with zero attached hydrogens (tertiary/aromatic N) is 3. The lowest BCUT2D eigenvalue weighted by Gasteiger charge is -2.26. The summed E-state index contributed by atoms with van der Waals surface area (Å²) in [4.78, 5) is 24.2.